The minimum atomic E-state index is -4.33. The molecule has 0 fully saturated rings. The summed E-state index contributed by atoms with van der Waals surface area (Å²) in [6, 6.07) is 13.2. The minimum absolute atomic E-state index is 0.0341. The van der Waals surface area contributed by atoms with Gasteiger partial charge in [0, 0.05) is 17.3 Å². The van der Waals surface area contributed by atoms with Gasteiger partial charge in [-0.15, -0.1) is 0 Å². The van der Waals surface area contributed by atoms with Gasteiger partial charge in [0.25, 0.3) is 5.91 Å². The molecule has 0 radical (unpaired) electrons. The van der Waals surface area contributed by atoms with Crippen molar-refractivity contribution < 1.29 is 22.9 Å². The summed E-state index contributed by atoms with van der Waals surface area (Å²) in [7, 11) is 1.88. The Balaban J connectivity index is 1.63. The van der Waals surface area contributed by atoms with E-state index in [9.17, 15) is 18.0 Å². The van der Waals surface area contributed by atoms with Gasteiger partial charge in [-0.3, -0.25) is 4.79 Å². The van der Waals surface area contributed by atoms with E-state index < -0.39 is 11.7 Å². The summed E-state index contributed by atoms with van der Waals surface area (Å²) < 4.78 is 37.9. The van der Waals surface area contributed by atoms with E-state index >= 15 is 0 Å². The van der Waals surface area contributed by atoms with Crippen molar-refractivity contribution in [3.8, 4) is 0 Å². The van der Waals surface area contributed by atoms with Gasteiger partial charge in [-0.1, -0.05) is 30.3 Å². The van der Waals surface area contributed by atoms with Crippen molar-refractivity contribution in [2.75, 3.05) is 18.5 Å². The fourth-order valence-electron chi connectivity index (χ4n) is 3.51. The zero-order chi connectivity index (χ0) is 18.9. The lowest BCUT2D eigenvalue weighted by Gasteiger charge is -2.24. The lowest BCUT2D eigenvalue weighted by molar-refractivity contribution is -0.885. The van der Waals surface area contributed by atoms with Gasteiger partial charge in [-0.05, 0) is 37.1 Å². The van der Waals surface area contributed by atoms with E-state index in [1.165, 1.54) is 17.7 Å². The van der Waals surface area contributed by atoms with Crippen LogP contribution in [0.25, 0.3) is 0 Å². The van der Waals surface area contributed by atoms with Crippen molar-refractivity contribution in [2.45, 2.75) is 32.1 Å². The molecular formula is C20H22F3N2O+. The first kappa shape index (κ1) is 18.5. The molecule has 0 saturated carbocycles. The third kappa shape index (κ3) is 3.90. The molecule has 26 heavy (non-hydrogen) atoms. The molecule has 2 aromatic rings. The van der Waals surface area contributed by atoms with Gasteiger partial charge in [0.2, 0.25) is 0 Å². The fourth-order valence-corrected chi connectivity index (χ4v) is 3.51. The lowest BCUT2D eigenvalue weighted by Crippen LogP contribution is -3.09. The number of hydrogen-bond donors (Lipinski definition) is 1. The predicted molar refractivity (Wildman–Crippen MR) is 94.0 cm³/mol. The number of anilines is 1. The largest absolute Gasteiger partial charge is 0.416 e. The van der Waals surface area contributed by atoms with Crippen molar-refractivity contribution in [1.82, 2.24) is 0 Å². The Labute approximate surface area is 151 Å². The number of alkyl halides is 3. The highest BCUT2D eigenvalue weighted by Crippen LogP contribution is 2.31. The van der Waals surface area contributed by atoms with Crippen LogP contribution in [0.15, 0.2) is 48.5 Å². The second-order valence-corrected chi connectivity index (χ2v) is 6.95. The Bertz CT molecular complexity index is 786. The van der Waals surface area contributed by atoms with Crippen molar-refractivity contribution in [3.63, 3.8) is 0 Å². The maximum Gasteiger partial charge on any atom is 0.416 e. The quantitative estimate of drug-likeness (QED) is 0.888. The first-order valence-corrected chi connectivity index (χ1v) is 8.63. The highest BCUT2D eigenvalue weighted by Gasteiger charge is 2.32. The predicted octanol–water partition coefficient (Wildman–Crippen LogP) is 2.70. The van der Waals surface area contributed by atoms with E-state index in [-0.39, 0.29) is 11.9 Å². The molecule has 138 valence electrons. The summed E-state index contributed by atoms with van der Waals surface area (Å²) in [5, 5.41) is 0. The van der Waals surface area contributed by atoms with Crippen molar-refractivity contribution in [1.29, 1.82) is 0 Å². The first-order chi connectivity index (χ1) is 12.3. The average Bonchev–Trinajstić information content (AvgIpc) is 2.90. The minimum Gasteiger partial charge on any atom is -0.326 e. The van der Waals surface area contributed by atoms with Gasteiger partial charge < -0.3 is 9.80 Å². The zero-order valence-electron chi connectivity index (χ0n) is 14.8. The number of carbonyl (C=O) groups excluding carboxylic acids is 1. The molecule has 2 aromatic carbocycles. The van der Waals surface area contributed by atoms with Gasteiger partial charge in [-0.25, -0.2) is 0 Å². The SMILES string of the molecule is C[C@@H]1Cc2ccccc2N1C(=O)C[NH+](C)Cc1ccc(C(F)(F)F)cc1. The molecule has 1 unspecified atom stereocenters. The average molecular weight is 363 g/mol. The van der Waals surface area contributed by atoms with E-state index in [1.807, 2.05) is 43.1 Å². The Morgan fingerprint density at radius 2 is 1.81 bits per heavy atom. The Morgan fingerprint density at radius 3 is 2.46 bits per heavy atom. The fraction of sp³-hybridized carbons (Fsp3) is 0.350. The molecule has 0 aromatic heterocycles. The summed E-state index contributed by atoms with van der Waals surface area (Å²) >= 11 is 0. The zero-order valence-corrected chi connectivity index (χ0v) is 14.8. The van der Waals surface area contributed by atoms with Crippen LogP contribution in [0.5, 0.6) is 0 Å². The van der Waals surface area contributed by atoms with E-state index in [0.29, 0.717) is 13.1 Å². The van der Waals surface area contributed by atoms with Crippen LogP contribution in [0.3, 0.4) is 0 Å². The van der Waals surface area contributed by atoms with Gasteiger partial charge in [-0.2, -0.15) is 13.2 Å². The lowest BCUT2D eigenvalue weighted by atomic mass is 10.1. The molecule has 0 saturated heterocycles. The number of likely N-dealkylation sites (N-methyl/N-ethyl adjacent to an activating group) is 1. The van der Waals surface area contributed by atoms with Crippen LogP contribution in [0.1, 0.15) is 23.6 Å². The second kappa shape index (κ2) is 7.11. The van der Waals surface area contributed by atoms with Crippen LogP contribution in [-0.4, -0.2) is 25.5 Å². The maximum atomic E-state index is 12.8. The molecule has 1 heterocycles. The molecule has 0 aliphatic carbocycles. The number of hydrogen-bond acceptors (Lipinski definition) is 1. The standard InChI is InChI=1S/C20H21F3N2O/c1-14-11-16-5-3-4-6-18(16)25(14)19(26)13-24(2)12-15-7-9-17(10-8-15)20(21,22)23/h3-10,14H,11-13H2,1-2H3/p+1/t14-/m1/s1. The Hall–Kier alpha value is -2.34. The Morgan fingerprint density at radius 1 is 1.15 bits per heavy atom. The Kier molecular flexibility index (Phi) is 5.05. The molecule has 2 atom stereocenters. The van der Waals surface area contributed by atoms with Crippen LogP contribution in [0.4, 0.5) is 18.9 Å². The number of benzene rings is 2. The van der Waals surface area contributed by atoms with Crippen molar-refractivity contribution in [3.05, 3.63) is 65.2 Å². The van der Waals surface area contributed by atoms with Crippen LogP contribution in [0.2, 0.25) is 0 Å². The third-order valence-electron chi connectivity index (χ3n) is 4.72. The van der Waals surface area contributed by atoms with E-state index in [4.69, 9.17) is 0 Å². The molecule has 1 N–H and O–H groups in total. The topological polar surface area (TPSA) is 24.8 Å². The highest BCUT2D eigenvalue weighted by atomic mass is 19.4. The molecule has 3 nitrogen and oxygen atoms in total. The summed E-state index contributed by atoms with van der Waals surface area (Å²) in [5.74, 6) is 0.0341. The molecule has 3 rings (SSSR count). The number of rotatable bonds is 4. The number of fused-ring (bicyclic) bond motifs is 1. The molecule has 0 spiro atoms. The number of nitrogens with one attached hydrogen (secondary N) is 1. The van der Waals surface area contributed by atoms with Crippen LogP contribution >= 0.6 is 0 Å². The number of para-hydroxylation sites is 1. The van der Waals surface area contributed by atoms with Gasteiger partial charge in [0.15, 0.2) is 6.54 Å². The second-order valence-electron chi connectivity index (χ2n) is 6.95. The van der Waals surface area contributed by atoms with Gasteiger partial charge in [0.05, 0.1) is 12.6 Å². The van der Waals surface area contributed by atoms with Crippen LogP contribution in [-0.2, 0) is 23.9 Å². The molecule has 6 heteroatoms. The van der Waals surface area contributed by atoms with Crippen molar-refractivity contribution >= 4 is 11.6 Å². The molecule has 1 aliphatic heterocycles. The monoisotopic (exact) mass is 363 g/mol. The normalized spacial score (nSPS) is 17.9. The summed E-state index contributed by atoms with van der Waals surface area (Å²) in [4.78, 5) is 15.5. The number of nitrogens with zero attached hydrogens (tertiary/aromatic N) is 1. The van der Waals surface area contributed by atoms with Crippen LogP contribution < -0.4 is 9.80 Å². The highest BCUT2D eigenvalue weighted by molar-refractivity contribution is 5.96. The van der Waals surface area contributed by atoms with E-state index in [2.05, 4.69) is 0 Å². The summed E-state index contributed by atoms with van der Waals surface area (Å²) in [6.45, 7) is 2.82. The number of amides is 1. The number of carbonyl (C=O) groups is 1. The molecular weight excluding hydrogens is 341 g/mol. The maximum absolute atomic E-state index is 12.8. The molecule has 1 aliphatic rings. The first-order valence-electron chi connectivity index (χ1n) is 8.63. The smallest absolute Gasteiger partial charge is 0.326 e. The number of halogens is 3. The van der Waals surface area contributed by atoms with Gasteiger partial charge in [0.1, 0.15) is 6.54 Å². The van der Waals surface area contributed by atoms with E-state index in [0.717, 1.165) is 34.7 Å². The summed E-state index contributed by atoms with van der Waals surface area (Å²) in [5.41, 5.74) is 2.26. The summed E-state index contributed by atoms with van der Waals surface area (Å²) in [6.07, 6.45) is -3.48. The molecule has 0 bridgehead atoms. The van der Waals surface area contributed by atoms with E-state index in [1.54, 1.807) is 0 Å². The van der Waals surface area contributed by atoms with Crippen molar-refractivity contribution in [2.24, 2.45) is 0 Å². The third-order valence-corrected chi connectivity index (χ3v) is 4.72. The van der Waals surface area contributed by atoms with Crippen LogP contribution in [0, 0.1) is 0 Å². The van der Waals surface area contributed by atoms with Gasteiger partial charge >= 0.3 is 6.18 Å². The number of quaternary nitrogens is 1. The molecule has 1 amide bonds.